The summed E-state index contributed by atoms with van der Waals surface area (Å²) in [5.74, 6) is -0.692. The minimum Gasteiger partial charge on any atom is -0.480 e. The molecule has 1 aromatic heterocycles. The lowest BCUT2D eigenvalue weighted by atomic mass is 9.95. The predicted molar refractivity (Wildman–Crippen MR) is 78.5 cm³/mol. The van der Waals surface area contributed by atoms with Crippen molar-refractivity contribution in [3.63, 3.8) is 0 Å². The quantitative estimate of drug-likeness (QED) is 0.866. The molecule has 110 valence electrons. The molecule has 1 fully saturated rings. The Bertz CT molecular complexity index is 422. The van der Waals surface area contributed by atoms with Gasteiger partial charge in [-0.3, -0.25) is 14.7 Å². The molecule has 2 rings (SSSR count). The Labute approximate surface area is 120 Å². The molecule has 2 atom stereocenters. The number of carbonyl (C=O) groups is 1. The van der Waals surface area contributed by atoms with Crippen LogP contribution in [0.15, 0.2) is 24.4 Å². The third kappa shape index (κ3) is 3.57. The number of carboxylic acid groups (broad SMARTS) is 1. The molecule has 1 aliphatic rings. The van der Waals surface area contributed by atoms with Crippen LogP contribution in [0.3, 0.4) is 0 Å². The van der Waals surface area contributed by atoms with Crippen molar-refractivity contribution in [1.29, 1.82) is 0 Å². The van der Waals surface area contributed by atoms with Crippen molar-refractivity contribution in [3.8, 4) is 0 Å². The maximum Gasteiger partial charge on any atom is 0.320 e. The lowest BCUT2D eigenvalue weighted by Gasteiger charge is -2.39. The van der Waals surface area contributed by atoms with Crippen LogP contribution in [-0.4, -0.2) is 33.5 Å². The third-order valence-electron chi connectivity index (χ3n) is 4.09. The summed E-state index contributed by atoms with van der Waals surface area (Å²) in [5.41, 5.74) is 1.01. The molecular weight excluding hydrogens is 252 g/mol. The summed E-state index contributed by atoms with van der Waals surface area (Å²) in [6.07, 6.45) is 7.85. The molecule has 1 aliphatic heterocycles. The number of hydrogen-bond donors (Lipinski definition) is 1. The maximum absolute atomic E-state index is 11.5. The lowest BCUT2D eigenvalue weighted by molar-refractivity contribution is -0.146. The number of piperidine rings is 1. The number of pyridine rings is 1. The van der Waals surface area contributed by atoms with Crippen LogP contribution in [-0.2, 0) is 4.79 Å². The van der Waals surface area contributed by atoms with E-state index in [0.29, 0.717) is 0 Å². The average molecular weight is 276 g/mol. The molecule has 1 saturated heterocycles. The molecule has 4 nitrogen and oxygen atoms in total. The summed E-state index contributed by atoms with van der Waals surface area (Å²) in [7, 11) is 0. The molecule has 0 spiro atoms. The fourth-order valence-corrected chi connectivity index (χ4v) is 3.05. The van der Waals surface area contributed by atoms with Crippen LogP contribution in [0.25, 0.3) is 0 Å². The summed E-state index contributed by atoms with van der Waals surface area (Å²) in [5, 5.41) is 9.47. The van der Waals surface area contributed by atoms with E-state index in [2.05, 4.69) is 16.8 Å². The second-order valence-electron chi connectivity index (χ2n) is 5.50. The van der Waals surface area contributed by atoms with E-state index in [1.165, 1.54) is 0 Å². The Balaban J connectivity index is 2.22. The van der Waals surface area contributed by atoms with Gasteiger partial charge < -0.3 is 5.11 Å². The van der Waals surface area contributed by atoms with Crippen molar-refractivity contribution in [2.24, 2.45) is 0 Å². The zero-order valence-electron chi connectivity index (χ0n) is 12.2. The zero-order valence-corrected chi connectivity index (χ0v) is 12.2. The van der Waals surface area contributed by atoms with E-state index >= 15 is 0 Å². The fourth-order valence-electron chi connectivity index (χ4n) is 3.05. The number of nitrogens with zero attached hydrogens (tertiary/aromatic N) is 2. The molecule has 1 aromatic rings. The van der Waals surface area contributed by atoms with E-state index in [1.54, 1.807) is 6.20 Å². The highest BCUT2D eigenvalue weighted by Crippen LogP contribution is 2.31. The maximum atomic E-state index is 11.5. The van der Waals surface area contributed by atoms with Gasteiger partial charge in [0.25, 0.3) is 0 Å². The van der Waals surface area contributed by atoms with Gasteiger partial charge in [0, 0.05) is 6.20 Å². The SMILES string of the molecule is CCCCC(c1ccccn1)N1CCCCC1C(=O)O. The Morgan fingerprint density at radius 1 is 1.50 bits per heavy atom. The Morgan fingerprint density at radius 2 is 2.35 bits per heavy atom. The normalized spacial score (nSPS) is 21.6. The van der Waals surface area contributed by atoms with Crippen LogP contribution in [0.4, 0.5) is 0 Å². The highest BCUT2D eigenvalue weighted by Gasteiger charge is 2.34. The number of aromatic nitrogens is 1. The highest BCUT2D eigenvalue weighted by atomic mass is 16.4. The van der Waals surface area contributed by atoms with E-state index in [-0.39, 0.29) is 12.1 Å². The van der Waals surface area contributed by atoms with E-state index in [0.717, 1.165) is 50.8 Å². The molecule has 0 amide bonds. The van der Waals surface area contributed by atoms with E-state index in [4.69, 9.17) is 0 Å². The van der Waals surface area contributed by atoms with Crippen molar-refractivity contribution in [1.82, 2.24) is 9.88 Å². The number of unbranched alkanes of at least 4 members (excludes halogenated alkanes) is 1. The molecule has 20 heavy (non-hydrogen) atoms. The van der Waals surface area contributed by atoms with Gasteiger partial charge in [0.05, 0.1) is 11.7 Å². The van der Waals surface area contributed by atoms with Crippen molar-refractivity contribution in [2.45, 2.75) is 57.5 Å². The number of hydrogen-bond acceptors (Lipinski definition) is 3. The van der Waals surface area contributed by atoms with Gasteiger partial charge in [-0.1, -0.05) is 32.3 Å². The highest BCUT2D eigenvalue weighted by molar-refractivity contribution is 5.73. The molecule has 0 radical (unpaired) electrons. The van der Waals surface area contributed by atoms with Crippen LogP contribution >= 0.6 is 0 Å². The second-order valence-corrected chi connectivity index (χ2v) is 5.50. The van der Waals surface area contributed by atoms with E-state index in [9.17, 15) is 9.90 Å². The molecule has 2 unspecified atom stereocenters. The van der Waals surface area contributed by atoms with Crippen LogP contribution in [0.5, 0.6) is 0 Å². The number of carboxylic acids is 1. The number of rotatable bonds is 6. The molecule has 2 heterocycles. The van der Waals surface area contributed by atoms with E-state index in [1.807, 2.05) is 18.2 Å². The molecule has 4 heteroatoms. The van der Waals surface area contributed by atoms with Crippen LogP contribution in [0, 0.1) is 0 Å². The molecule has 0 aromatic carbocycles. The standard InChI is InChI=1S/C16H24N2O2/c1-2-3-9-14(13-8-4-6-11-17-13)18-12-7-5-10-15(18)16(19)20/h4,6,8,11,14-15H,2-3,5,7,9-10,12H2,1H3,(H,19,20). The zero-order chi connectivity index (χ0) is 14.4. The first-order valence-electron chi connectivity index (χ1n) is 7.63. The lowest BCUT2D eigenvalue weighted by Crippen LogP contribution is -2.46. The van der Waals surface area contributed by atoms with Crippen molar-refractivity contribution >= 4 is 5.97 Å². The van der Waals surface area contributed by atoms with Crippen molar-refractivity contribution in [2.75, 3.05) is 6.54 Å². The Kier molecular flexibility index (Phi) is 5.53. The number of aliphatic carboxylic acids is 1. The first-order valence-corrected chi connectivity index (χ1v) is 7.63. The van der Waals surface area contributed by atoms with Crippen LogP contribution in [0.1, 0.15) is 57.2 Å². The summed E-state index contributed by atoms with van der Waals surface area (Å²) in [6.45, 7) is 3.03. The minimum atomic E-state index is -0.692. The predicted octanol–water partition coefficient (Wildman–Crippen LogP) is 3.25. The van der Waals surface area contributed by atoms with Gasteiger partial charge >= 0.3 is 5.97 Å². The molecule has 0 bridgehead atoms. The van der Waals surface area contributed by atoms with Gasteiger partial charge in [0.1, 0.15) is 6.04 Å². The summed E-state index contributed by atoms with van der Waals surface area (Å²) in [4.78, 5) is 18.1. The topological polar surface area (TPSA) is 53.4 Å². The molecule has 1 N–H and O–H groups in total. The van der Waals surface area contributed by atoms with Gasteiger partial charge in [-0.2, -0.15) is 0 Å². The minimum absolute atomic E-state index is 0.137. The smallest absolute Gasteiger partial charge is 0.320 e. The van der Waals surface area contributed by atoms with Gasteiger partial charge in [-0.05, 0) is 37.9 Å². The van der Waals surface area contributed by atoms with Gasteiger partial charge in [-0.15, -0.1) is 0 Å². The van der Waals surface area contributed by atoms with Crippen LogP contribution < -0.4 is 0 Å². The fraction of sp³-hybridized carbons (Fsp3) is 0.625. The van der Waals surface area contributed by atoms with Crippen molar-refractivity contribution in [3.05, 3.63) is 30.1 Å². The van der Waals surface area contributed by atoms with Gasteiger partial charge in [0.15, 0.2) is 0 Å². The first kappa shape index (κ1) is 15.0. The Morgan fingerprint density at radius 3 is 3.00 bits per heavy atom. The largest absolute Gasteiger partial charge is 0.480 e. The number of likely N-dealkylation sites (tertiary alicyclic amines) is 1. The van der Waals surface area contributed by atoms with E-state index < -0.39 is 5.97 Å². The molecule has 0 saturated carbocycles. The van der Waals surface area contributed by atoms with Crippen LogP contribution in [0.2, 0.25) is 0 Å². The summed E-state index contributed by atoms with van der Waals surface area (Å²) in [6, 6.07) is 5.70. The first-order chi connectivity index (χ1) is 9.74. The summed E-state index contributed by atoms with van der Waals surface area (Å²) >= 11 is 0. The Hall–Kier alpha value is -1.42. The monoisotopic (exact) mass is 276 g/mol. The van der Waals surface area contributed by atoms with Crippen molar-refractivity contribution < 1.29 is 9.90 Å². The second kappa shape index (κ2) is 7.39. The van der Waals surface area contributed by atoms with Gasteiger partial charge in [0.2, 0.25) is 0 Å². The third-order valence-corrected chi connectivity index (χ3v) is 4.09. The summed E-state index contributed by atoms with van der Waals surface area (Å²) < 4.78 is 0. The van der Waals surface area contributed by atoms with Gasteiger partial charge in [-0.25, -0.2) is 0 Å². The molecule has 0 aliphatic carbocycles. The average Bonchev–Trinajstić information content (AvgIpc) is 2.49. The molecular formula is C16H24N2O2.